The molecule has 0 spiro atoms. The lowest BCUT2D eigenvalue weighted by Crippen LogP contribution is -2.08. The number of aromatic nitrogens is 4. The predicted octanol–water partition coefficient (Wildman–Crippen LogP) is 4.78. The Labute approximate surface area is 164 Å². The van der Waals surface area contributed by atoms with Gasteiger partial charge in [0.05, 0.1) is 5.52 Å². The van der Waals surface area contributed by atoms with Crippen LogP contribution in [0.1, 0.15) is 0 Å². The fourth-order valence-corrected chi connectivity index (χ4v) is 4.35. The number of aromatic amines is 1. The highest BCUT2D eigenvalue weighted by molar-refractivity contribution is 7.22. The van der Waals surface area contributed by atoms with Gasteiger partial charge in [-0.2, -0.15) is 0 Å². The molecule has 0 aliphatic rings. The molecule has 0 aliphatic heterocycles. The zero-order valence-corrected chi connectivity index (χ0v) is 15.5. The van der Waals surface area contributed by atoms with Crippen molar-refractivity contribution in [2.45, 2.75) is 0 Å². The van der Waals surface area contributed by atoms with Gasteiger partial charge < -0.3 is 4.98 Å². The van der Waals surface area contributed by atoms with E-state index in [1.807, 2.05) is 60.7 Å². The molecule has 0 radical (unpaired) electrons. The van der Waals surface area contributed by atoms with Crippen LogP contribution in [0.3, 0.4) is 0 Å². The Morgan fingerprint density at radius 1 is 0.821 bits per heavy atom. The Morgan fingerprint density at radius 2 is 1.61 bits per heavy atom. The molecule has 0 fully saturated rings. The van der Waals surface area contributed by atoms with E-state index >= 15 is 0 Å². The molecule has 4 aromatic heterocycles. The molecule has 134 valence electrons. The monoisotopic (exact) mass is 382 g/mol. The van der Waals surface area contributed by atoms with E-state index in [9.17, 15) is 4.79 Å². The van der Waals surface area contributed by atoms with Crippen molar-refractivity contribution in [1.29, 1.82) is 0 Å². The number of benzene rings is 1. The number of hydrogen-bond acceptors (Lipinski definition) is 5. The number of pyridine rings is 2. The van der Waals surface area contributed by atoms with Crippen LogP contribution in [0.25, 0.3) is 43.3 Å². The van der Waals surface area contributed by atoms with Gasteiger partial charge >= 0.3 is 0 Å². The quantitative estimate of drug-likeness (QED) is 0.488. The van der Waals surface area contributed by atoms with E-state index in [0.29, 0.717) is 21.7 Å². The molecule has 0 amide bonds. The number of thiophene rings is 1. The summed E-state index contributed by atoms with van der Waals surface area (Å²) in [6.45, 7) is 0. The summed E-state index contributed by atoms with van der Waals surface area (Å²) in [7, 11) is 0. The normalized spacial score (nSPS) is 11.0. The summed E-state index contributed by atoms with van der Waals surface area (Å²) in [6, 6.07) is 19.5. The molecule has 4 heterocycles. The summed E-state index contributed by atoms with van der Waals surface area (Å²) in [6.07, 6.45) is 5.20. The summed E-state index contributed by atoms with van der Waals surface area (Å²) >= 11 is 1.45. The fourth-order valence-electron chi connectivity index (χ4n) is 3.19. The van der Waals surface area contributed by atoms with Crippen molar-refractivity contribution in [2.24, 2.45) is 0 Å². The topological polar surface area (TPSA) is 71.5 Å². The third-order valence-corrected chi connectivity index (χ3v) is 5.68. The molecule has 0 saturated carbocycles. The fraction of sp³-hybridized carbons (Fsp3) is 0. The van der Waals surface area contributed by atoms with Crippen LogP contribution in [0, 0.1) is 0 Å². The van der Waals surface area contributed by atoms with Crippen LogP contribution in [-0.2, 0) is 0 Å². The predicted molar refractivity (Wildman–Crippen MR) is 112 cm³/mol. The first-order valence-corrected chi connectivity index (χ1v) is 9.57. The molecule has 5 nitrogen and oxygen atoms in total. The van der Waals surface area contributed by atoms with Gasteiger partial charge in [0, 0.05) is 29.0 Å². The van der Waals surface area contributed by atoms with Crippen molar-refractivity contribution in [1.82, 2.24) is 19.9 Å². The van der Waals surface area contributed by atoms with E-state index in [4.69, 9.17) is 4.98 Å². The van der Waals surface area contributed by atoms with Gasteiger partial charge in [-0.3, -0.25) is 14.8 Å². The van der Waals surface area contributed by atoms with Crippen LogP contribution >= 0.6 is 11.3 Å². The van der Waals surface area contributed by atoms with Crippen LogP contribution in [0.4, 0.5) is 0 Å². The van der Waals surface area contributed by atoms with Gasteiger partial charge in [0.15, 0.2) is 5.82 Å². The van der Waals surface area contributed by atoms with Crippen LogP contribution < -0.4 is 5.56 Å². The first kappa shape index (κ1) is 16.5. The SMILES string of the molecule is O=c1[nH]c(-c2ccccn2)nc2c(-c3ccccc3)c(-c3ccncc3)sc12. The zero-order valence-electron chi connectivity index (χ0n) is 14.7. The van der Waals surface area contributed by atoms with Crippen molar-refractivity contribution < 1.29 is 0 Å². The Bertz CT molecular complexity index is 1310. The molecule has 5 aromatic rings. The van der Waals surface area contributed by atoms with Crippen LogP contribution in [0.5, 0.6) is 0 Å². The lowest BCUT2D eigenvalue weighted by molar-refractivity contribution is 1.15. The number of hydrogen-bond donors (Lipinski definition) is 1. The molecule has 0 bridgehead atoms. The average molecular weight is 382 g/mol. The number of nitrogens with one attached hydrogen (secondary N) is 1. The maximum absolute atomic E-state index is 12.9. The molecule has 1 aromatic carbocycles. The summed E-state index contributed by atoms with van der Waals surface area (Å²) in [5, 5.41) is 0. The molecule has 0 atom stereocenters. The van der Waals surface area contributed by atoms with Gasteiger partial charge in [-0.1, -0.05) is 36.4 Å². The smallest absolute Gasteiger partial charge is 0.269 e. The number of rotatable bonds is 3. The average Bonchev–Trinajstić information content (AvgIpc) is 3.16. The summed E-state index contributed by atoms with van der Waals surface area (Å²) < 4.78 is 0.602. The Balaban J connectivity index is 1.86. The van der Waals surface area contributed by atoms with E-state index < -0.39 is 0 Å². The van der Waals surface area contributed by atoms with Gasteiger partial charge in [-0.05, 0) is 35.4 Å². The highest BCUT2D eigenvalue weighted by Gasteiger charge is 2.20. The molecule has 6 heteroatoms. The van der Waals surface area contributed by atoms with E-state index in [0.717, 1.165) is 21.6 Å². The van der Waals surface area contributed by atoms with Gasteiger partial charge in [-0.15, -0.1) is 11.3 Å². The van der Waals surface area contributed by atoms with Crippen LogP contribution in [-0.4, -0.2) is 19.9 Å². The van der Waals surface area contributed by atoms with Gasteiger partial charge in [0.25, 0.3) is 5.56 Å². The molecule has 1 N–H and O–H groups in total. The van der Waals surface area contributed by atoms with Gasteiger partial charge in [-0.25, -0.2) is 4.98 Å². The second-order valence-electron chi connectivity index (χ2n) is 6.22. The van der Waals surface area contributed by atoms with Crippen molar-refractivity contribution in [3.8, 4) is 33.1 Å². The molecule has 0 aliphatic carbocycles. The van der Waals surface area contributed by atoms with Crippen LogP contribution in [0.2, 0.25) is 0 Å². The molecule has 0 saturated heterocycles. The van der Waals surface area contributed by atoms with E-state index in [-0.39, 0.29) is 5.56 Å². The number of nitrogens with zero attached hydrogens (tertiary/aromatic N) is 3. The van der Waals surface area contributed by atoms with E-state index in [1.54, 1.807) is 18.6 Å². The standard InChI is InChI=1S/C22H14N4OS/c27-22-20-18(25-21(26-22)16-8-4-5-11-24-16)17(14-6-2-1-3-7-14)19(28-20)15-9-12-23-13-10-15/h1-13H,(H,25,26,27). The zero-order chi connectivity index (χ0) is 18.9. The minimum atomic E-state index is -0.159. The second-order valence-corrected chi connectivity index (χ2v) is 7.24. The Hall–Kier alpha value is -3.64. The van der Waals surface area contributed by atoms with Gasteiger partial charge in [0.2, 0.25) is 0 Å². The highest BCUT2D eigenvalue weighted by Crippen LogP contribution is 2.42. The minimum Gasteiger partial charge on any atom is -0.304 e. The lowest BCUT2D eigenvalue weighted by atomic mass is 10.0. The van der Waals surface area contributed by atoms with Gasteiger partial charge in [0.1, 0.15) is 10.4 Å². The molecule has 28 heavy (non-hydrogen) atoms. The minimum absolute atomic E-state index is 0.159. The molecular formula is C22H14N4OS. The summed E-state index contributed by atoms with van der Waals surface area (Å²) in [5.74, 6) is 0.467. The first-order valence-electron chi connectivity index (χ1n) is 8.75. The summed E-state index contributed by atoms with van der Waals surface area (Å²) in [4.78, 5) is 30.0. The van der Waals surface area contributed by atoms with Crippen molar-refractivity contribution >= 4 is 21.6 Å². The Morgan fingerprint density at radius 3 is 2.36 bits per heavy atom. The molecule has 5 rings (SSSR count). The van der Waals surface area contributed by atoms with Crippen LogP contribution in [0.15, 0.2) is 84.0 Å². The van der Waals surface area contributed by atoms with Crippen molar-refractivity contribution in [3.63, 3.8) is 0 Å². The number of H-pyrrole nitrogens is 1. The summed E-state index contributed by atoms with van der Waals surface area (Å²) in [5.41, 5.74) is 4.15. The maximum Gasteiger partial charge on any atom is 0.269 e. The molecule has 0 unspecified atom stereocenters. The lowest BCUT2D eigenvalue weighted by Gasteiger charge is -2.05. The third-order valence-electron chi connectivity index (χ3n) is 4.46. The highest BCUT2D eigenvalue weighted by atomic mass is 32.1. The molecular weight excluding hydrogens is 368 g/mol. The number of fused-ring (bicyclic) bond motifs is 1. The van der Waals surface area contributed by atoms with E-state index in [2.05, 4.69) is 15.0 Å². The first-order chi connectivity index (χ1) is 13.8. The van der Waals surface area contributed by atoms with Crippen molar-refractivity contribution in [3.05, 3.63) is 89.6 Å². The largest absolute Gasteiger partial charge is 0.304 e. The second kappa shape index (κ2) is 6.83. The van der Waals surface area contributed by atoms with Crippen molar-refractivity contribution in [2.75, 3.05) is 0 Å². The maximum atomic E-state index is 12.9. The third kappa shape index (κ3) is 2.80. The van der Waals surface area contributed by atoms with E-state index in [1.165, 1.54) is 11.3 Å². The Kier molecular flexibility index (Phi) is 4.03.